The van der Waals surface area contributed by atoms with Gasteiger partial charge in [-0.3, -0.25) is 9.59 Å². The summed E-state index contributed by atoms with van der Waals surface area (Å²) in [6.07, 6.45) is 2.39. The summed E-state index contributed by atoms with van der Waals surface area (Å²) in [7, 11) is 0. The van der Waals surface area contributed by atoms with Crippen molar-refractivity contribution < 1.29 is 19.2 Å². The molecule has 1 aromatic heterocycles. The number of hydrogen-bond acceptors (Lipinski definition) is 5. The van der Waals surface area contributed by atoms with E-state index in [-0.39, 0.29) is 11.8 Å². The Kier molecular flexibility index (Phi) is 7.30. The van der Waals surface area contributed by atoms with Crippen molar-refractivity contribution in [2.75, 3.05) is 6.61 Å². The molecule has 1 aliphatic heterocycles. The van der Waals surface area contributed by atoms with Crippen LogP contribution in [0.2, 0.25) is 0 Å². The van der Waals surface area contributed by atoms with Crippen LogP contribution >= 0.6 is 0 Å². The number of rotatable bonds is 7. The standard InChI is InChI=1S/C29H27N3O4/c33-28(32-36-27-12-6-7-17-35-27)22-15-13-20(14-16-22)19-30-29(34)24-18-26(21-8-2-1-3-9-21)31-25-11-5-4-10-23(24)25/h1-5,8-11,13-16,18,27H,6-7,12,17,19H2,(H,30,34)(H,32,33). The van der Waals surface area contributed by atoms with Crippen LogP contribution in [0.4, 0.5) is 0 Å². The molecule has 36 heavy (non-hydrogen) atoms. The summed E-state index contributed by atoms with van der Waals surface area (Å²) in [4.78, 5) is 35.6. The summed E-state index contributed by atoms with van der Waals surface area (Å²) >= 11 is 0. The number of aromatic nitrogens is 1. The number of pyridine rings is 1. The number of hydroxylamine groups is 1. The maximum absolute atomic E-state index is 13.2. The molecule has 182 valence electrons. The van der Waals surface area contributed by atoms with E-state index in [2.05, 4.69) is 10.8 Å². The van der Waals surface area contributed by atoms with Crippen molar-refractivity contribution in [3.63, 3.8) is 0 Å². The fourth-order valence-corrected chi connectivity index (χ4v) is 4.15. The molecule has 7 nitrogen and oxygen atoms in total. The first-order valence-electron chi connectivity index (χ1n) is 12.1. The predicted molar refractivity (Wildman–Crippen MR) is 137 cm³/mol. The zero-order valence-electron chi connectivity index (χ0n) is 19.8. The van der Waals surface area contributed by atoms with Gasteiger partial charge in [-0.2, -0.15) is 0 Å². The van der Waals surface area contributed by atoms with Crippen molar-refractivity contribution in [2.24, 2.45) is 0 Å². The molecular weight excluding hydrogens is 454 g/mol. The second-order valence-corrected chi connectivity index (χ2v) is 8.66. The minimum atomic E-state index is -0.399. The van der Waals surface area contributed by atoms with Gasteiger partial charge in [0.1, 0.15) is 0 Å². The van der Waals surface area contributed by atoms with Crippen LogP contribution in [0.25, 0.3) is 22.2 Å². The Bertz CT molecular complexity index is 1350. The summed E-state index contributed by atoms with van der Waals surface area (Å²) in [6, 6.07) is 26.3. The molecule has 0 aliphatic carbocycles. The highest BCUT2D eigenvalue weighted by atomic mass is 16.8. The van der Waals surface area contributed by atoms with E-state index in [0.29, 0.717) is 24.3 Å². The number of carbonyl (C=O) groups excluding carboxylic acids is 2. The highest BCUT2D eigenvalue weighted by Crippen LogP contribution is 2.25. The van der Waals surface area contributed by atoms with Crippen molar-refractivity contribution in [1.29, 1.82) is 0 Å². The Morgan fingerprint density at radius 3 is 2.47 bits per heavy atom. The molecule has 1 unspecified atom stereocenters. The van der Waals surface area contributed by atoms with E-state index >= 15 is 0 Å². The van der Waals surface area contributed by atoms with E-state index in [9.17, 15) is 9.59 Å². The van der Waals surface area contributed by atoms with E-state index in [0.717, 1.165) is 47.0 Å². The Labute approximate surface area is 209 Å². The first-order valence-corrected chi connectivity index (χ1v) is 12.1. The number of hydrogen-bond donors (Lipinski definition) is 2. The number of carbonyl (C=O) groups is 2. The molecule has 1 atom stereocenters. The number of amides is 2. The Morgan fingerprint density at radius 2 is 1.69 bits per heavy atom. The molecule has 0 spiro atoms. The summed E-state index contributed by atoms with van der Waals surface area (Å²) in [6.45, 7) is 0.967. The van der Waals surface area contributed by atoms with Gasteiger partial charge in [0.05, 0.1) is 16.8 Å². The van der Waals surface area contributed by atoms with Gasteiger partial charge in [-0.25, -0.2) is 15.3 Å². The fraction of sp³-hybridized carbons (Fsp3) is 0.207. The second-order valence-electron chi connectivity index (χ2n) is 8.66. The monoisotopic (exact) mass is 481 g/mol. The lowest BCUT2D eigenvalue weighted by Gasteiger charge is -2.22. The third-order valence-corrected chi connectivity index (χ3v) is 6.12. The van der Waals surface area contributed by atoms with Crippen LogP contribution in [-0.2, 0) is 16.1 Å². The highest BCUT2D eigenvalue weighted by Gasteiger charge is 2.17. The van der Waals surface area contributed by atoms with Crippen molar-refractivity contribution >= 4 is 22.7 Å². The molecule has 0 radical (unpaired) electrons. The van der Waals surface area contributed by atoms with Crippen LogP contribution < -0.4 is 10.8 Å². The quantitative estimate of drug-likeness (QED) is 0.362. The number of nitrogens with one attached hydrogen (secondary N) is 2. The molecule has 3 aromatic carbocycles. The third-order valence-electron chi connectivity index (χ3n) is 6.12. The van der Waals surface area contributed by atoms with E-state index in [4.69, 9.17) is 14.6 Å². The lowest BCUT2D eigenvalue weighted by Crippen LogP contribution is -2.33. The zero-order valence-corrected chi connectivity index (χ0v) is 19.8. The highest BCUT2D eigenvalue weighted by molar-refractivity contribution is 6.07. The van der Waals surface area contributed by atoms with Crippen molar-refractivity contribution in [2.45, 2.75) is 32.1 Å². The second kappa shape index (κ2) is 11.1. The molecule has 2 heterocycles. The first kappa shape index (κ1) is 23.7. The molecular formula is C29H27N3O4. The lowest BCUT2D eigenvalue weighted by molar-refractivity contribution is -0.186. The topological polar surface area (TPSA) is 89.5 Å². The average molecular weight is 482 g/mol. The predicted octanol–water partition coefficient (Wildman–Crippen LogP) is 5.02. The van der Waals surface area contributed by atoms with Crippen LogP contribution in [0.15, 0.2) is 84.9 Å². The van der Waals surface area contributed by atoms with Gasteiger partial charge in [0.2, 0.25) is 0 Å². The van der Waals surface area contributed by atoms with Gasteiger partial charge in [-0.05, 0) is 42.7 Å². The van der Waals surface area contributed by atoms with Gasteiger partial charge in [0.25, 0.3) is 11.8 Å². The van der Waals surface area contributed by atoms with Gasteiger partial charge in [-0.1, -0.05) is 60.7 Å². The minimum Gasteiger partial charge on any atom is -0.350 e. The lowest BCUT2D eigenvalue weighted by atomic mass is 10.0. The molecule has 1 aliphatic rings. The molecule has 5 rings (SSSR count). The van der Waals surface area contributed by atoms with E-state index < -0.39 is 6.29 Å². The van der Waals surface area contributed by atoms with Gasteiger partial charge in [0, 0.05) is 36.1 Å². The third kappa shape index (κ3) is 5.59. The number of nitrogens with zero attached hydrogens (tertiary/aromatic N) is 1. The van der Waals surface area contributed by atoms with Crippen molar-refractivity contribution in [3.8, 4) is 11.3 Å². The number of fused-ring (bicyclic) bond motifs is 1. The maximum Gasteiger partial charge on any atom is 0.274 e. The van der Waals surface area contributed by atoms with Crippen LogP contribution in [0.1, 0.15) is 45.5 Å². The van der Waals surface area contributed by atoms with Gasteiger partial charge in [0.15, 0.2) is 6.29 Å². The van der Waals surface area contributed by atoms with E-state index in [1.807, 2.05) is 72.8 Å². The van der Waals surface area contributed by atoms with E-state index in [1.54, 1.807) is 12.1 Å². The SMILES string of the molecule is O=C(NOC1CCCCO1)c1ccc(CNC(=O)c2cc(-c3ccccc3)nc3ccccc23)cc1. The van der Waals surface area contributed by atoms with E-state index in [1.165, 1.54) is 0 Å². The number of benzene rings is 3. The van der Waals surface area contributed by atoms with Crippen LogP contribution in [0.5, 0.6) is 0 Å². The Balaban J connectivity index is 1.25. The first-order chi connectivity index (χ1) is 17.7. The molecule has 1 saturated heterocycles. The largest absolute Gasteiger partial charge is 0.350 e. The summed E-state index contributed by atoms with van der Waals surface area (Å²) in [5.74, 6) is -0.523. The molecule has 2 N–H and O–H groups in total. The van der Waals surface area contributed by atoms with Crippen LogP contribution in [-0.4, -0.2) is 29.7 Å². The summed E-state index contributed by atoms with van der Waals surface area (Å²) < 4.78 is 5.45. The van der Waals surface area contributed by atoms with Crippen LogP contribution in [0, 0.1) is 0 Å². The molecule has 0 bridgehead atoms. The van der Waals surface area contributed by atoms with Crippen molar-refractivity contribution in [1.82, 2.24) is 15.8 Å². The smallest absolute Gasteiger partial charge is 0.274 e. The molecule has 4 aromatic rings. The van der Waals surface area contributed by atoms with Gasteiger partial charge < -0.3 is 10.1 Å². The average Bonchev–Trinajstić information content (AvgIpc) is 2.95. The number of ether oxygens (including phenoxy) is 1. The van der Waals surface area contributed by atoms with Crippen molar-refractivity contribution in [3.05, 3.63) is 102 Å². The summed E-state index contributed by atoms with van der Waals surface area (Å²) in [5.41, 5.74) is 6.82. The fourth-order valence-electron chi connectivity index (χ4n) is 4.15. The van der Waals surface area contributed by atoms with Crippen LogP contribution in [0.3, 0.4) is 0 Å². The minimum absolute atomic E-state index is 0.187. The Morgan fingerprint density at radius 1 is 0.917 bits per heavy atom. The molecule has 2 amide bonds. The summed E-state index contributed by atoms with van der Waals surface area (Å²) in [5, 5.41) is 3.79. The normalized spacial score (nSPS) is 15.4. The molecule has 7 heteroatoms. The zero-order chi connectivity index (χ0) is 24.7. The number of para-hydroxylation sites is 1. The molecule has 1 fully saturated rings. The van der Waals surface area contributed by atoms with Gasteiger partial charge >= 0.3 is 0 Å². The molecule has 0 saturated carbocycles. The van der Waals surface area contributed by atoms with Gasteiger partial charge in [-0.15, -0.1) is 0 Å². The maximum atomic E-state index is 13.2. The Hall–Kier alpha value is -4.07.